The molecule has 0 unspecified atom stereocenters. The maximum absolute atomic E-state index is 4.64. The van der Waals surface area contributed by atoms with Crippen molar-refractivity contribution in [2.45, 2.75) is 26.8 Å². The summed E-state index contributed by atoms with van der Waals surface area (Å²) in [6.45, 7) is 5.08. The topological polar surface area (TPSA) is 29.3 Å². The summed E-state index contributed by atoms with van der Waals surface area (Å²) in [5, 5.41) is 3.16. The Morgan fingerprint density at radius 3 is 2.93 bits per heavy atom. The number of imidazole rings is 1. The summed E-state index contributed by atoms with van der Waals surface area (Å²) in [5.41, 5.74) is 3.64. The lowest BCUT2D eigenvalue weighted by Crippen LogP contribution is -2.05. The van der Waals surface area contributed by atoms with Crippen molar-refractivity contribution in [1.29, 1.82) is 0 Å². The van der Waals surface area contributed by atoms with Gasteiger partial charge in [0.05, 0.1) is 11.2 Å². The number of hydrogen-bond acceptors (Lipinski definition) is 2. The van der Waals surface area contributed by atoms with E-state index in [2.05, 4.69) is 46.9 Å². The van der Waals surface area contributed by atoms with E-state index in [0.717, 1.165) is 24.5 Å². The molecule has 0 saturated heterocycles. The molecule has 0 bridgehead atoms. The van der Waals surface area contributed by atoms with E-state index in [1.54, 1.807) is 0 Å². The third-order valence-corrected chi connectivity index (χ3v) is 2.61. The monoisotopic (exact) mass is 203 g/mol. The molecule has 2 rings (SSSR count). The minimum atomic E-state index is 0.826. The second kappa shape index (κ2) is 4.03. The highest BCUT2D eigenvalue weighted by molar-refractivity contribution is 5.55. The smallest absolute Gasteiger partial charge is 0.113 e. The van der Waals surface area contributed by atoms with Crippen molar-refractivity contribution in [2.24, 2.45) is 0 Å². The molecule has 0 aliphatic rings. The predicted octanol–water partition coefficient (Wildman–Crippen LogP) is 1.92. The molecule has 0 amide bonds. The molecule has 0 atom stereocenters. The third-order valence-electron chi connectivity index (χ3n) is 2.61. The van der Waals surface area contributed by atoms with Gasteiger partial charge in [-0.1, -0.05) is 6.92 Å². The van der Waals surface area contributed by atoms with Gasteiger partial charge in [0.25, 0.3) is 0 Å². The minimum absolute atomic E-state index is 0.826. The van der Waals surface area contributed by atoms with Crippen molar-refractivity contribution in [1.82, 2.24) is 14.7 Å². The van der Waals surface area contributed by atoms with Crippen molar-refractivity contribution >= 4 is 5.52 Å². The number of aryl methyl sites for hydroxylation is 2. The fourth-order valence-electron chi connectivity index (χ4n) is 1.87. The van der Waals surface area contributed by atoms with Crippen LogP contribution < -0.4 is 5.32 Å². The van der Waals surface area contributed by atoms with E-state index in [4.69, 9.17) is 0 Å². The molecule has 3 nitrogen and oxygen atoms in total. The molecule has 2 heterocycles. The molecule has 0 aromatic carbocycles. The number of nitrogens with one attached hydrogen (secondary N) is 1. The van der Waals surface area contributed by atoms with Crippen LogP contribution in [0.15, 0.2) is 18.3 Å². The normalized spacial score (nSPS) is 11.1. The van der Waals surface area contributed by atoms with Crippen LogP contribution in [0.5, 0.6) is 0 Å². The summed E-state index contributed by atoms with van der Waals surface area (Å²) >= 11 is 0. The standard InChI is InChI=1S/C12H17N3/c1-4-12-14-10(8-13-3)11-7-9(2)5-6-15(11)12/h5-7,13H,4,8H2,1-3H3. The molecule has 0 spiro atoms. The average molecular weight is 203 g/mol. The molecule has 0 aliphatic heterocycles. The molecule has 2 aromatic rings. The van der Waals surface area contributed by atoms with Crippen LogP contribution in [0, 0.1) is 6.92 Å². The van der Waals surface area contributed by atoms with E-state index >= 15 is 0 Å². The number of fused-ring (bicyclic) bond motifs is 1. The van der Waals surface area contributed by atoms with Gasteiger partial charge in [-0.25, -0.2) is 4.98 Å². The number of rotatable bonds is 3. The highest BCUT2D eigenvalue weighted by atomic mass is 15.0. The van der Waals surface area contributed by atoms with Crippen molar-refractivity contribution in [3.63, 3.8) is 0 Å². The van der Waals surface area contributed by atoms with E-state index in [-0.39, 0.29) is 0 Å². The van der Waals surface area contributed by atoms with Gasteiger partial charge in [0.2, 0.25) is 0 Å². The van der Waals surface area contributed by atoms with Crippen LogP contribution in [-0.2, 0) is 13.0 Å². The van der Waals surface area contributed by atoms with Crippen LogP contribution in [0.25, 0.3) is 5.52 Å². The Morgan fingerprint density at radius 1 is 1.47 bits per heavy atom. The first-order chi connectivity index (χ1) is 7.26. The Labute approximate surface area is 90.1 Å². The minimum Gasteiger partial charge on any atom is -0.314 e. The molecular formula is C12H17N3. The SMILES string of the molecule is CCc1nc(CNC)c2cc(C)ccn12. The number of aromatic nitrogens is 2. The van der Waals surface area contributed by atoms with Crippen LogP contribution in [0.4, 0.5) is 0 Å². The van der Waals surface area contributed by atoms with Gasteiger partial charge in [-0.2, -0.15) is 0 Å². The molecule has 0 saturated carbocycles. The Kier molecular flexibility index (Phi) is 2.73. The summed E-state index contributed by atoms with van der Waals surface area (Å²) in [5.74, 6) is 1.13. The number of pyridine rings is 1. The third kappa shape index (κ3) is 1.75. The summed E-state index contributed by atoms with van der Waals surface area (Å²) < 4.78 is 2.18. The molecular weight excluding hydrogens is 186 g/mol. The fourth-order valence-corrected chi connectivity index (χ4v) is 1.87. The van der Waals surface area contributed by atoms with Crippen LogP contribution in [-0.4, -0.2) is 16.4 Å². The largest absolute Gasteiger partial charge is 0.314 e. The van der Waals surface area contributed by atoms with Crippen LogP contribution in [0.1, 0.15) is 24.0 Å². The van der Waals surface area contributed by atoms with Gasteiger partial charge in [0.1, 0.15) is 5.82 Å². The van der Waals surface area contributed by atoms with Gasteiger partial charge in [0.15, 0.2) is 0 Å². The average Bonchev–Trinajstić information content (AvgIpc) is 2.57. The Bertz CT molecular complexity index is 471. The Morgan fingerprint density at radius 2 is 2.27 bits per heavy atom. The second-order valence-electron chi connectivity index (χ2n) is 3.82. The van der Waals surface area contributed by atoms with E-state index in [1.165, 1.54) is 11.1 Å². The molecule has 0 fully saturated rings. The lowest BCUT2D eigenvalue weighted by molar-refractivity contribution is 0.796. The van der Waals surface area contributed by atoms with Crippen molar-refractivity contribution in [3.8, 4) is 0 Å². The van der Waals surface area contributed by atoms with Gasteiger partial charge in [-0.15, -0.1) is 0 Å². The maximum atomic E-state index is 4.64. The van der Waals surface area contributed by atoms with Crippen molar-refractivity contribution in [2.75, 3.05) is 7.05 Å². The van der Waals surface area contributed by atoms with Crippen molar-refractivity contribution < 1.29 is 0 Å². The van der Waals surface area contributed by atoms with E-state index in [9.17, 15) is 0 Å². The lowest BCUT2D eigenvalue weighted by Gasteiger charge is -2.00. The second-order valence-corrected chi connectivity index (χ2v) is 3.82. The zero-order valence-corrected chi connectivity index (χ0v) is 9.54. The van der Waals surface area contributed by atoms with Crippen LogP contribution in [0.2, 0.25) is 0 Å². The first-order valence-electron chi connectivity index (χ1n) is 5.37. The van der Waals surface area contributed by atoms with Gasteiger partial charge < -0.3 is 9.72 Å². The van der Waals surface area contributed by atoms with Gasteiger partial charge in [0, 0.05) is 19.2 Å². The molecule has 1 N–H and O–H groups in total. The van der Waals surface area contributed by atoms with Crippen LogP contribution in [0.3, 0.4) is 0 Å². The van der Waals surface area contributed by atoms with E-state index < -0.39 is 0 Å². The zero-order valence-electron chi connectivity index (χ0n) is 9.54. The Balaban J connectivity index is 2.64. The van der Waals surface area contributed by atoms with Gasteiger partial charge >= 0.3 is 0 Å². The van der Waals surface area contributed by atoms with Gasteiger partial charge in [-0.3, -0.25) is 0 Å². The molecule has 15 heavy (non-hydrogen) atoms. The number of hydrogen-bond donors (Lipinski definition) is 1. The summed E-state index contributed by atoms with van der Waals surface area (Å²) in [4.78, 5) is 4.64. The molecule has 2 aromatic heterocycles. The summed E-state index contributed by atoms with van der Waals surface area (Å²) in [7, 11) is 1.95. The summed E-state index contributed by atoms with van der Waals surface area (Å²) in [6, 6.07) is 4.32. The molecule has 0 radical (unpaired) electrons. The first kappa shape index (κ1) is 10.2. The highest BCUT2D eigenvalue weighted by Gasteiger charge is 2.08. The summed E-state index contributed by atoms with van der Waals surface area (Å²) in [6.07, 6.45) is 3.07. The zero-order chi connectivity index (χ0) is 10.8. The number of nitrogens with zero attached hydrogens (tertiary/aromatic N) is 2. The lowest BCUT2D eigenvalue weighted by atomic mass is 10.2. The van der Waals surface area contributed by atoms with E-state index in [0.29, 0.717) is 0 Å². The van der Waals surface area contributed by atoms with Gasteiger partial charge in [-0.05, 0) is 31.7 Å². The van der Waals surface area contributed by atoms with Crippen molar-refractivity contribution in [3.05, 3.63) is 35.4 Å². The van der Waals surface area contributed by atoms with E-state index in [1.807, 2.05) is 7.05 Å². The quantitative estimate of drug-likeness (QED) is 0.826. The maximum Gasteiger partial charge on any atom is 0.113 e. The molecule has 3 heteroatoms. The predicted molar refractivity (Wildman–Crippen MR) is 62.1 cm³/mol. The Hall–Kier alpha value is -1.35. The highest BCUT2D eigenvalue weighted by Crippen LogP contribution is 2.15. The first-order valence-corrected chi connectivity index (χ1v) is 5.37. The molecule has 0 aliphatic carbocycles. The molecule has 80 valence electrons. The van der Waals surface area contributed by atoms with Crippen LogP contribution >= 0.6 is 0 Å². The fraction of sp³-hybridized carbons (Fsp3) is 0.417.